The minimum atomic E-state index is -0.301. The predicted molar refractivity (Wildman–Crippen MR) is 199 cm³/mol. The topological polar surface area (TPSA) is 153 Å². The number of aromatic nitrogens is 3. The lowest BCUT2D eigenvalue weighted by Gasteiger charge is -2.24. The van der Waals surface area contributed by atoms with Gasteiger partial charge in [0.25, 0.3) is 0 Å². The standard InChI is InChI=1S/C21H29N7O.C17H29N/c1-21(2,3)17-11-15-13-28(20(29)27-18(15)26-17)16-7-5-14(6-8-16)12-24-9-4-10-25-19(22)23;1-12-10-15(9-7-8-13(2)18)11-16(14(12)3)17(4,5)6/h5-8,11,13,24H,4,9-10,12H2,1-3H3,(H4,22,23,25)(H,26,27,29);10-11,13H,7-9,18H2,1-6H3/t;13-/m.0/s1. The lowest BCUT2D eigenvalue weighted by Crippen LogP contribution is -2.23. The Morgan fingerprint density at radius 1 is 0.979 bits per heavy atom. The van der Waals surface area contributed by atoms with E-state index in [0.717, 1.165) is 54.7 Å². The van der Waals surface area contributed by atoms with Crippen molar-refractivity contribution in [2.24, 2.45) is 22.2 Å². The molecule has 256 valence electrons. The highest BCUT2D eigenvalue weighted by Gasteiger charge is 2.19. The second-order valence-electron chi connectivity index (χ2n) is 14.8. The maximum atomic E-state index is 12.5. The van der Waals surface area contributed by atoms with Gasteiger partial charge in [-0.05, 0) is 104 Å². The third kappa shape index (κ3) is 11.4. The summed E-state index contributed by atoms with van der Waals surface area (Å²) in [4.78, 5) is 23.9. The molecular weight excluding hydrogens is 584 g/mol. The Labute approximate surface area is 281 Å². The van der Waals surface area contributed by atoms with E-state index in [1.165, 1.54) is 28.7 Å². The van der Waals surface area contributed by atoms with Crippen LogP contribution >= 0.6 is 0 Å². The first-order chi connectivity index (χ1) is 22.0. The lowest BCUT2D eigenvalue weighted by molar-refractivity contribution is 0.574. The molecule has 0 fully saturated rings. The molecule has 2 aromatic carbocycles. The maximum absolute atomic E-state index is 12.5. The first kappa shape index (κ1) is 37.5. The van der Waals surface area contributed by atoms with Crippen molar-refractivity contribution in [2.45, 2.75) is 111 Å². The monoisotopic (exact) mass is 642 g/mol. The fourth-order valence-electron chi connectivity index (χ4n) is 5.49. The predicted octanol–water partition coefficient (Wildman–Crippen LogP) is 6.04. The molecule has 0 spiro atoms. The van der Waals surface area contributed by atoms with Gasteiger partial charge in [-0.3, -0.25) is 9.56 Å². The summed E-state index contributed by atoms with van der Waals surface area (Å²) in [5.74, 6) is 0.123. The molecular formula is C38H58N8O. The highest BCUT2D eigenvalue weighted by atomic mass is 16.1. The molecule has 2 aromatic heterocycles. The first-order valence-corrected chi connectivity index (χ1v) is 16.8. The van der Waals surface area contributed by atoms with Crippen LogP contribution in [0.1, 0.15) is 101 Å². The molecule has 4 aromatic rings. The molecule has 0 aliphatic rings. The van der Waals surface area contributed by atoms with Crippen LogP contribution in [0, 0.1) is 13.8 Å². The van der Waals surface area contributed by atoms with Crippen LogP contribution in [0.2, 0.25) is 0 Å². The summed E-state index contributed by atoms with van der Waals surface area (Å²) in [6.07, 6.45) is 6.14. The van der Waals surface area contributed by atoms with E-state index in [4.69, 9.17) is 17.2 Å². The number of hydrogen-bond donors (Lipinski definition) is 5. The van der Waals surface area contributed by atoms with E-state index < -0.39 is 0 Å². The number of nitrogens with two attached hydrogens (primary N) is 3. The quantitative estimate of drug-likeness (QED) is 0.0764. The number of fused-ring (bicyclic) bond motifs is 1. The second-order valence-corrected chi connectivity index (χ2v) is 14.8. The Balaban J connectivity index is 0.000000287. The summed E-state index contributed by atoms with van der Waals surface area (Å²) in [5.41, 5.74) is 25.7. The average molecular weight is 643 g/mol. The average Bonchev–Trinajstić information content (AvgIpc) is 3.40. The van der Waals surface area contributed by atoms with Crippen molar-refractivity contribution >= 4 is 17.0 Å². The number of hydrogen-bond acceptors (Lipinski definition) is 5. The van der Waals surface area contributed by atoms with Gasteiger partial charge in [0, 0.05) is 41.8 Å². The normalized spacial score (nSPS) is 12.5. The van der Waals surface area contributed by atoms with Gasteiger partial charge in [0.1, 0.15) is 5.65 Å². The van der Waals surface area contributed by atoms with Gasteiger partial charge in [0.15, 0.2) is 5.96 Å². The summed E-state index contributed by atoms with van der Waals surface area (Å²) in [6, 6.07) is 15.0. The Morgan fingerprint density at radius 3 is 2.26 bits per heavy atom. The first-order valence-electron chi connectivity index (χ1n) is 16.8. The van der Waals surface area contributed by atoms with Crippen LogP contribution in [0.15, 0.2) is 58.4 Å². The minimum absolute atomic E-state index is 0.0352. The number of benzene rings is 2. The van der Waals surface area contributed by atoms with Gasteiger partial charge in [-0.2, -0.15) is 4.98 Å². The number of guanidine groups is 1. The van der Waals surface area contributed by atoms with Crippen LogP contribution < -0.4 is 28.2 Å². The molecule has 8 N–H and O–H groups in total. The molecule has 0 aliphatic carbocycles. The summed E-state index contributed by atoms with van der Waals surface area (Å²) < 4.78 is 1.58. The lowest BCUT2D eigenvalue weighted by atomic mass is 9.81. The molecule has 4 rings (SSSR count). The molecule has 0 amide bonds. The molecule has 0 saturated carbocycles. The van der Waals surface area contributed by atoms with Gasteiger partial charge >= 0.3 is 5.69 Å². The zero-order chi connectivity index (χ0) is 34.9. The Morgan fingerprint density at radius 2 is 1.66 bits per heavy atom. The molecule has 0 bridgehead atoms. The Kier molecular flexibility index (Phi) is 13.0. The molecule has 2 heterocycles. The van der Waals surface area contributed by atoms with Crippen LogP contribution in [0.25, 0.3) is 16.7 Å². The van der Waals surface area contributed by atoms with Gasteiger partial charge in [-0.1, -0.05) is 65.8 Å². The molecule has 0 radical (unpaired) electrons. The van der Waals surface area contributed by atoms with Crippen molar-refractivity contribution < 1.29 is 0 Å². The SMILES string of the molecule is CC(C)(C)c1cc2cn(-c3ccc(CNCCCN=C(N)N)cc3)c(=O)nc2[nH]1.Cc1cc(CCC[C@H](C)N)cc(C(C)(C)C)c1C. The third-order valence-corrected chi connectivity index (χ3v) is 8.33. The Bertz CT molecular complexity index is 1680. The smallest absolute Gasteiger partial charge is 0.354 e. The summed E-state index contributed by atoms with van der Waals surface area (Å²) in [6.45, 7) is 22.0. The van der Waals surface area contributed by atoms with E-state index in [1.807, 2.05) is 30.5 Å². The Hall–Kier alpha value is -3.95. The number of nitrogens with one attached hydrogen (secondary N) is 2. The maximum Gasteiger partial charge on any atom is 0.354 e. The van der Waals surface area contributed by atoms with Crippen molar-refractivity contribution in [1.29, 1.82) is 0 Å². The van der Waals surface area contributed by atoms with E-state index in [1.54, 1.807) is 4.57 Å². The summed E-state index contributed by atoms with van der Waals surface area (Å²) in [5, 5.41) is 4.27. The number of rotatable bonds is 11. The summed E-state index contributed by atoms with van der Waals surface area (Å²) in [7, 11) is 0. The van der Waals surface area contributed by atoms with Crippen LogP contribution in [0.4, 0.5) is 0 Å². The highest BCUT2D eigenvalue weighted by molar-refractivity contribution is 5.76. The van der Waals surface area contributed by atoms with Crippen LogP contribution in [-0.4, -0.2) is 39.6 Å². The van der Waals surface area contributed by atoms with Crippen molar-refractivity contribution in [1.82, 2.24) is 19.9 Å². The summed E-state index contributed by atoms with van der Waals surface area (Å²) >= 11 is 0. The number of aliphatic imine (C=N–C) groups is 1. The number of aryl methyl sites for hydroxylation is 2. The van der Waals surface area contributed by atoms with Crippen molar-refractivity contribution in [2.75, 3.05) is 13.1 Å². The van der Waals surface area contributed by atoms with Gasteiger partial charge in [-0.25, -0.2) is 4.79 Å². The molecule has 0 saturated heterocycles. The van der Waals surface area contributed by atoms with E-state index >= 15 is 0 Å². The fourth-order valence-corrected chi connectivity index (χ4v) is 5.49. The highest BCUT2D eigenvalue weighted by Crippen LogP contribution is 2.29. The van der Waals surface area contributed by atoms with Crippen LogP contribution in [0.5, 0.6) is 0 Å². The van der Waals surface area contributed by atoms with Crippen molar-refractivity contribution in [3.8, 4) is 5.69 Å². The van der Waals surface area contributed by atoms with Gasteiger partial charge in [0.05, 0.1) is 5.69 Å². The van der Waals surface area contributed by atoms with E-state index in [-0.39, 0.29) is 22.5 Å². The molecule has 9 heteroatoms. The number of nitrogens with zero attached hydrogens (tertiary/aromatic N) is 3. The zero-order valence-corrected chi connectivity index (χ0v) is 30.1. The van der Waals surface area contributed by atoms with Gasteiger partial charge < -0.3 is 27.5 Å². The molecule has 0 aliphatic heterocycles. The number of aromatic amines is 1. The van der Waals surface area contributed by atoms with Crippen molar-refractivity contribution in [3.05, 3.63) is 92.7 Å². The van der Waals surface area contributed by atoms with E-state index in [9.17, 15) is 4.79 Å². The molecule has 1 atom stereocenters. The zero-order valence-electron chi connectivity index (χ0n) is 30.1. The molecule has 9 nitrogen and oxygen atoms in total. The third-order valence-electron chi connectivity index (χ3n) is 8.33. The largest absolute Gasteiger partial charge is 0.370 e. The molecule has 0 unspecified atom stereocenters. The number of H-pyrrole nitrogens is 1. The van der Waals surface area contributed by atoms with E-state index in [0.29, 0.717) is 18.2 Å². The van der Waals surface area contributed by atoms with E-state index in [2.05, 4.69) is 101 Å². The second kappa shape index (κ2) is 16.2. The van der Waals surface area contributed by atoms with Gasteiger partial charge in [0.2, 0.25) is 0 Å². The van der Waals surface area contributed by atoms with Crippen LogP contribution in [0.3, 0.4) is 0 Å². The minimum Gasteiger partial charge on any atom is -0.370 e. The van der Waals surface area contributed by atoms with Crippen molar-refractivity contribution in [3.63, 3.8) is 0 Å². The van der Waals surface area contributed by atoms with Gasteiger partial charge in [-0.15, -0.1) is 0 Å². The van der Waals surface area contributed by atoms with Crippen LogP contribution in [-0.2, 0) is 23.8 Å². The fraction of sp³-hybridized carbons (Fsp3) is 0.500. The molecule has 47 heavy (non-hydrogen) atoms.